The van der Waals surface area contributed by atoms with Crippen molar-refractivity contribution < 1.29 is 4.74 Å². The summed E-state index contributed by atoms with van der Waals surface area (Å²) in [4.78, 5) is 10.8. The molecule has 106 valence electrons. The summed E-state index contributed by atoms with van der Waals surface area (Å²) in [7, 11) is 3.79. The molecule has 0 saturated carbocycles. The van der Waals surface area contributed by atoms with Crippen molar-refractivity contribution in [2.45, 2.75) is 18.9 Å². The summed E-state index contributed by atoms with van der Waals surface area (Å²) >= 11 is 0. The third-order valence-corrected chi connectivity index (χ3v) is 3.44. The zero-order valence-electron chi connectivity index (χ0n) is 11.7. The summed E-state index contributed by atoms with van der Waals surface area (Å²) in [6, 6.07) is 2.50. The van der Waals surface area contributed by atoms with E-state index < -0.39 is 0 Å². The molecule has 0 bridgehead atoms. The molecule has 1 aliphatic rings. The van der Waals surface area contributed by atoms with Gasteiger partial charge >= 0.3 is 0 Å². The fraction of sp³-hybridized carbons (Fsp3) is 0.692. The summed E-state index contributed by atoms with van der Waals surface area (Å²) in [5.74, 6) is 1.81. The monoisotopic (exact) mass is 265 g/mol. The number of hydrogen-bond donors (Lipinski definition) is 2. The number of hydrogen-bond acceptors (Lipinski definition) is 6. The van der Waals surface area contributed by atoms with E-state index >= 15 is 0 Å². The van der Waals surface area contributed by atoms with E-state index in [1.807, 2.05) is 6.07 Å². The van der Waals surface area contributed by atoms with Gasteiger partial charge in [-0.05, 0) is 19.4 Å². The number of nitrogens with one attached hydrogen (secondary N) is 2. The van der Waals surface area contributed by atoms with Crippen LogP contribution in [-0.4, -0.2) is 56.4 Å². The molecule has 1 aliphatic heterocycles. The van der Waals surface area contributed by atoms with Crippen LogP contribution in [0.4, 0.5) is 11.6 Å². The summed E-state index contributed by atoms with van der Waals surface area (Å²) in [5, 5.41) is 6.65. The van der Waals surface area contributed by atoms with E-state index in [1.165, 1.54) is 12.8 Å². The molecule has 19 heavy (non-hydrogen) atoms. The zero-order valence-corrected chi connectivity index (χ0v) is 11.7. The highest BCUT2D eigenvalue weighted by Gasteiger charge is 2.19. The maximum Gasteiger partial charge on any atom is 0.134 e. The van der Waals surface area contributed by atoms with Crippen LogP contribution in [0.1, 0.15) is 12.8 Å². The van der Waals surface area contributed by atoms with Gasteiger partial charge in [0.15, 0.2) is 0 Å². The SMILES string of the molecule is COCCNc1cc(N(C)C2CCCNC2)ncn1. The van der Waals surface area contributed by atoms with Crippen LogP contribution in [0, 0.1) is 0 Å². The molecule has 0 aromatic carbocycles. The molecule has 1 saturated heterocycles. The van der Waals surface area contributed by atoms with Crippen LogP contribution in [0.3, 0.4) is 0 Å². The van der Waals surface area contributed by atoms with Crippen molar-refractivity contribution in [3.05, 3.63) is 12.4 Å². The highest BCUT2D eigenvalue weighted by molar-refractivity contribution is 5.48. The van der Waals surface area contributed by atoms with Crippen LogP contribution in [0.25, 0.3) is 0 Å². The smallest absolute Gasteiger partial charge is 0.134 e. The quantitative estimate of drug-likeness (QED) is 0.739. The van der Waals surface area contributed by atoms with E-state index in [9.17, 15) is 0 Å². The lowest BCUT2D eigenvalue weighted by atomic mass is 10.1. The third-order valence-electron chi connectivity index (χ3n) is 3.44. The molecular formula is C13H23N5O. The first-order valence-corrected chi connectivity index (χ1v) is 6.79. The van der Waals surface area contributed by atoms with E-state index in [0.717, 1.165) is 31.3 Å². The molecule has 1 aromatic rings. The van der Waals surface area contributed by atoms with Gasteiger partial charge in [0.2, 0.25) is 0 Å². The maximum absolute atomic E-state index is 5.01. The van der Waals surface area contributed by atoms with Gasteiger partial charge in [0, 0.05) is 39.4 Å². The lowest BCUT2D eigenvalue weighted by Gasteiger charge is -2.32. The van der Waals surface area contributed by atoms with E-state index in [4.69, 9.17) is 4.74 Å². The Hall–Kier alpha value is -1.40. The van der Waals surface area contributed by atoms with Crippen LogP contribution in [0.2, 0.25) is 0 Å². The molecule has 1 fully saturated rings. The Labute approximate surface area is 114 Å². The maximum atomic E-state index is 5.01. The first-order valence-electron chi connectivity index (χ1n) is 6.79. The van der Waals surface area contributed by atoms with Gasteiger partial charge in [-0.2, -0.15) is 0 Å². The normalized spacial score (nSPS) is 19.2. The number of methoxy groups -OCH3 is 1. The molecular weight excluding hydrogens is 242 g/mol. The summed E-state index contributed by atoms with van der Waals surface area (Å²) < 4.78 is 5.01. The summed E-state index contributed by atoms with van der Waals surface area (Å²) in [6.45, 7) is 3.56. The van der Waals surface area contributed by atoms with Crippen molar-refractivity contribution in [1.29, 1.82) is 0 Å². The average Bonchev–Trinajstić information content (AvgIpc) is 2.48. The van der Waals surface area contributed by atoms with E-state index in [2.05, 4.69) is 32.5 Å². The van der Waals surface area contributed by atoms with Crippen molar-refractivity contribution in [1.82, 2.24) is 15.3 Å². The zero-order chi connectivity index (χ0) is 13.5. The van der Waals surface area contributed by atoms with Crippen molar-refractivity contribution in [2.75, 3.05) is 50.6 Å². The minimum atomic E-state index is 0.510. The Morgan fingerprint density at radius 1 is 1.53 bits per heavy atom. The van der Waals surface area contributed by atoms with Crippen LogP contribution in [0.5, 0.6) is 0 Å². The summed E-state index contributed by atoms with van der Waals surface area (Å²) in [6.07, 6.45) is 4.04. The predicted octanol–water partition coefficient (Wildman–Crippen LogP) is 0.723. The molecule has 0 radical (unpaired) electrons. The summed E-state index contributed by atoms with van der Waals surface area (Å²) in [5.41, 5.74) is 0. The molecule has 1 atom stereocenters. The Bertz CT molecular complexity index is 381. The molecule has 0 spiro atoms. The second-order valence-corrected chi connectivity index (χ2v) is 4.79. The standard InChI is InChI=1S/C13H23N5O/c1-18(11-4-3-5-14-9-11)13-8-12(16-10-17-13)15-6-7-19-2/h8,10-11,14H,3-7,9H2,1-2H3,(H,15,16,17). The number of nitrogens with zero attached hydrogens (tertiary/aromatic N) is 3. The molecule has 2 heterocycles. The van der Waals surface area contributed by atoms with Gasteiger partial charge < -0.3 is 20.3 Å². The Morgan fingerprint density at radius 3 is 3.16 bits per heavy atom. The van der Waals surface area contributed by atoms with Crippen LogP contribution >= 0.6 is 0 Å². The van der Waals surface area contributed by atoms with Gasteiger partial charge in [-0.3, -0.25) is 0 Å². The molecule has 6 heteroatoms. The fourth-order valence-corrected chi connectivity index (χ4v) is 2.27. The van der Waals surface area contributed by atoms with E-state index in [-0.39, 0.29) is 0 Å². The number of aromatic nitrogens is 2. The lowest BCUT2D eigenvalue weighted by Crippen LogP contribution is -2.44. The molecule has 0 amide bonds. The first kappa shape index (κ1) is 14.0. The van der Waals surface area contributed by atoms with Crippen molar-refractivity contribution in [3.63, 3.8) is 0 Å². The fourth-order valence-electron chi connectivity index (χ4n) is 2.27. The largest absolute Gasteiger partial charge is 0.383 e. The molecule has 6 nitrogen and oxygen atoms in total. The Balaban J connectivity index is 1.96. The minimum Gasteiger partial charge on any atom is -0.383 e. The highest BCUT2D eigenvalue weighted by atomic mass is 16.5. The molecule has 2 N–H and O–H groups in total. The van der Waals surface area contributed by atoms with E-state index in [0.29, 0.717) is 12.6 Å². The average molecular weight is 265 g/mol. The van der Waals surface area contributed by atoms with Gasteiger partial charge in [0.05, 0.1) is 6.61 Å². The van der Waals surface area contributed by atoms with Crippen LogP contribution < -0.4 is 15.5 Å². The van der Waals surface area contributed by atoms with Crippen LogP contribution in [-0.2, 0) is 4.74 Å². The van der Waals surface area contributed by atoms with Gasteiger partial charge in [-0.1, -0.05) is 0 Å². The molecule has 0 aliphatic carbocycles. The van der Waals surface area contributed by atoms with Gasteiger partial charge in [-0.15, -0.1) is 0 Å². The van der Waals surface area contributed by atoms with E-state index in [1.54, 1.807) is 13.4 Å². The Kier molecular flexibility index (Phi) is 5.35. The van der Waals surface area contributed by atoms with Gasteiger partial charge in [0.1, 0.15) is 18.0 Å². The number of likely N-dealkylation sites (N-methyl/N-ethyl adjacent to an activating group) is 1. The van der Waals surface area contributed by atoms with Crippen molar-refractivity contribution >= 4 is 11.6 Å². The predicted molar refractivity (Wildman–Crippen MR) is 76.7 cm³/mol. The number of piperidine rings is 1. The second kappa shape index (κ2) is 7.25. The van der Waals surface area contributed by atoms with Crippen molar-refractivity contribution in [2.24, 2.45) is 0 Å². The number of anilines is 2. The van der Waals surface area contributed by atoms with Crippen molar-refractivity contribution in [3.8, 4) is 0 Å². The Morgan fingerprint density at radius 2 is 2.42 bits per heavy atom. The molecule has 2 rings (SSSR count). The number of rotatable bonds is 6. The van der Waals surface area contributed by atoms with Crippen LogP contribution in [0.15, 0.2) is 12.4 Å². The minimum absolute atomic E-state index is 0.510. The lowest BCUT2D eigenvalue weighted by molar-refractivity contribution is 0.210. The second-order valence-electron chi connectivity index (χ2n) is 4.79. The highest BCUT2D eigenvalue weighted by Crippen LogP contribution is 2.18. The van der Waals surface area contributed by atoms with Gasteiger partial charge in [0.25, 0.3) is 0 Å². The third kappa shape index (κ3) is 4.04. The molecule has 1 unspecified atom stereocenters. The topological polar surface area (TPSA) is 62.3 Å². The molecule has 1 aromatic heterocycles. The number of ether oxygens (including phenoxy) is 1. The van der Waals surface area contributed by atoms with Gasteiger partial charge in [-0.25, -0.2) is 9.97 Å². The first-order chi connectivity index (χ1) is 9.31.